The summed E-state index contributed by atoms with van der Waals surface area (Å²) in [6.45, 7) is 1.70. The summed E-state index contributed by atoms with van der Waals surface area (Å²) in [5.41, 5.74) is 0.633. The maximum Gasteiger partial charge on any atom is 0.282 e. The van der Waals surface area contributed by atoms with E-state index in [1.807, 2.05) is 0 Å². The van der Waals surface area contributed by atoms with Crippen LogP contribution in [0, 0.1) is 17.0 Å². The quantitative estimate of drug-likeness (QED) is 0.515. The highest BCUT2D eigenvalue weighted by Gasteiger charge is 2.21. The maximum absolute atomic E-state index is 12.2. The van der Waals surface area contributed by atoms with Crippen molar-refractivity contribution in [3.8, 4) is 5.75 Å². The Balaban J connectivity index is 2.36. The number of anilines is 1. The van der Waals surface area contributed by atoms with Crippen molar-refractivity contribution in [2.24, 2.45) is 0 Å². The zero-order valence-corrected chi connectivity index (χ0v) is 11.7. The van der Waals surface area contributed by atoms with Gasteiger partial charge in [-0.05, 0) is 42.8 Å². The fraction of sp³-hybridized carbons (Fsp3) is 0.0714. The fourth-order valence-corrected chi connectivity index (χ4v) is 2.00. The molecule has 0 saturated heterocycles. The minimum Gasteiger partial charge on any atom is -0.508 e. The van der Waals surface area contributed by atoms with E-state index in [2.05, 4.69) is 5.32 Å². The predicted octanol–water partition coefficient (Wildman–Crippen LogP) is 3.51. The highest BCUT2D eigenvalue weighted by Crippen LogP contribution is 2.25. The van der Waals surface area contributed by atoms with Gasteiger partial charge < -0.3 is 10.4 Å². The molecule has 2 aromatic rings. The third-order valence-electron chi connectivity index (χ3n) is 2.86. The highest BCUT2D eigenvalue weighted by atomic mass is 35.5. The largest absolute Gasteiger partial charge is 0.508 e. The lowest BCUT2D eigenvalue weighted by atomic mass is 10.1. The zero-order valence-electron chi connectivity index (χ0n) is 11.0. The summed E-state index contributed by atoms with van der Waals surface area (Å²) < 4.78 is 0. The zero-order chi connectivity index (χ0) is 15.6. The van der Waals surface area contributed by atoms with E-state index in [0.717, 1.165) is 0 Å². The summed E-state index contributed by atoms with van der Waals surface area (Å²) in [5, 5.41) is 23.1. The number of rotatable bonds is 3. The van der Waals surface area contributed by atoms with Crippen molar-refractivity contribution in [1.82, 2.24) is 0 Å². The second-order valence-electron chi connectivity index (χ2n) is 4.37. The molecule has 7 heteroatoms. The second-order valence-corrected chi connectivity index (χ2v) is 4.81. The number of hydrogen-bond donors (Lipinski definition) is 2. The van der Waals surface area contributed by atoms with Crippen LogP contribution in [0.15, 0.2) is 36.4 Å². The van der Waals surface area contributed by atoms with E-state index in [4.69, 9.17) is 11.6 Å². The molecule has 0 spiro atoms. The van der Waals surface area contributed by atoms with Crippen LogP contribution in [0.25, 0.3) is 0 Å². The lowest BCUT2D eigenvalue weighted by Crippen LogP contribution is -2.14. The van der Waals surface area contributed by atoms with Gasteiger partial charge in [-0.1, -0.05) is 11.6 Å². The molecule has 0 aliphatic rings. The van der Waals surface area contributed by atoms with E-state index in [0.29, 0.717) is 11.3 Å². The molecular weight excluding hydrogens is 296 g/mol. The van der Waals surface area contributed by atoms with Gasteiger partial charge in [0.25, 0.3) is 11.6 Å². The van der Waals surface area contributed by atoms with Crippen LogP contribution in [0.3, 0.4) is 0 Å². The number of nitrogens with one attached hydrogen (secondary N) is 1. The van der Waals surface area contributed by atoms with Gasteiger partial charge >= 0.3 is 0 Å². The van der Waals surface area contributed by atoms with Crippen LogP contribution >= 0.6 is 11.6 Å². The summed E-state index contributed by atoms with van der Waals surface area (Å²) in [6, 6.07) is 8.17. The summed E-state index contributed by atoms with van der Waals surface area (Å²) in [7, 11) is 0. The Kier molecular flexibility index (Phi) is 4.09. The summed E-state index contributed by atoms with van der Waals surface area (Å²) in [6.07, 6.45) is 0. The number of nitrogens with zero attached hydrogens (tertiary/aromatic N) is 1. The van der Waals surface area contributed by atoms with E-state index < -0.39 is 10.8 Å². The summed E-state index contributed by atoms with van der Waals surface area (Å²) in [4.78, 5) is 22.5. The number of halogens is 1. The van der Waals surface area contributed by atoms with Crippen LogP contribution in [0.1, 0.15) is 15.9 Å². The number of aromatic hydroxyl groups is 1. The Morgan fingerprint density at radius 1 is 1.29 bits per heavy atom. The van der Waals surface area contributed by atoms with Gasteiger partial charge in [0.2, 0.25) is 0 Å². The SMILES string of the molecule is Cc1cc(O)ccc1NC(=O)c1cc(Cl)ccc1[N+](=O)[O-]. The predicted molar refractivity (Wildman–Crippen MR) is 78.9 cm³/mol. The molecule has 0 aromatic heterocycles. The first-order valence-corrected chi connectivity index (χ1v) is 6.31. The third-order valence-corrected chi connectivity index (χ3v) is 3.09. The van der Waals surface area contributed by atoms with Crippen LogP contribution in [-0.4, -0.2) is 15.9 Å². The van der Waals surface area contributed by atoms with Crippen molar-refractivity contribution in [1.29, 1.82) is 0 Å². The molecule has 2 aromatic carbocycles. The Labute approximate surface area is 125 Å². The van der Waals surface area contributed by atoms with Crippen LogP contribution < -0.4 is 5.32 Å². The average molecular weight is 307 g/mol. The normalized spacial score (nSPS) is 10.2. The van der Waals surface area contributed by atoms with E-state index in [1.165, 1.54) is 36.4 Å². The van der Waals surface area contributed by atoms with Crippen molar-refractivity contribution >= 4 is 28.9 Å². The van der Waals surface area contributed by atoms with Gasteiger partial charge in [-0.25, -0.2) is 0 Å². The minimum absolute atomic E-state index is 0.0687. The minimum atomic E-state index is -0.644. The van der Waals surface area contributed by atoms with Crippen molar-refractivity contribution < 1.29 is 14.8 Å². The average Bonchev–Trinajstić information content (AvgIpc) is 2.41. The first-order valence-electron chi connectivity index (χ1n) is 5.93. The van der Waals surface area contributed by atoms with E-state index >= 15 is 0 Å². The topological polar surface area (TPSA) is 92.5 Å². The molecule has 0 saturated carbocycles. The number of carbonyl (C=O) groups excluding carboxylic acids is 1. The number of nitro benzene ring substituents is 1. The van der Waals surface area contributed by atoms with Crippen LogP contribution in [0.5, 0.6) is 5.75 Å². The van der Waals surface area contributed by atoms with Gasteiger partial charge in [0.15, 0.2) is 0 Å². The molecule has 21 heavy (non-hydrogen) atoms. The lowest BCUT2D eigenvalue weighted by molar-refractivity contribution is -0.385. The Hall–Kier alpha value is -2.60. The molecule has 0 heterocycles. The molecule has 0 aliphatic carbocycles. The number of carbonyl (C=O) groups is 1. The lowest BCUT2D eigenvalue weighted by Gasteiger charge is -2.09. The Morgan fingerprint density at radius 2 is 2.00 bits per heavy atom. The Bertz CT molecular complexity index is 731. The van der Waals surface area contributed by atoms with E-state index in [1.54, 1.807) is 6.92 Å². The molecule has 108 valence electrons. The smallest absolute Gasteiger partial charge is 0.282 e. The molecule has 0 atom stereocenters. The number of hydrogen-bond acceptors (Lipinski definition) is 4. The van der Waals surface area contributed by atoms with Gasteiger partial charge in [-0.3, -0.25) is 14.9 Å². The number of amides is 1. The van der Waals surface area contributed by atoms with Gasteiger partial charge in [-0.15, -0.1) is 0 Å². The Morgan fingerprint density at radius 3 is 2.62 bits per heavy atom. The summed E-state index contributed by atoms with van der Waals surface area (Å²) in [5.74, 6) is -0.572. The molecule has 2 rings (SSSR count). The van der Waals surface area contributed by atoms with Gasteiger partial charge in [0.05, 0.1) is 4.92 Å². The molecule has 0 radical (unpaired) electrons. The molecule has 6 nitrogen and oxygen atoms in total. The molecule has 0 aliphatic heterocycles. The highest BCUT2D eigenvalue weighted by molar-refractivity contribution is 6.31. The summed E-state index contributed by atoms with van der Waals surface area (Å²) >= 11 is 5.78. The maximum atomic E-state index is 12.2. The first-order chi connectivity index (χ1) is 9.88. The van der Waals surface area contributed by atoms with Crippen LogP contribution in [0.2, 0.25) is 5.02 Å². The monoisotopic (exact) mass is 306 g/mol. The number of phenolic OH excluding ortho intramolecular Hbond substituents is 1. The second kappa shape index (κ2) is 5.80. The molecule has 2 N–H and O–H groups in total. The number of benzene rings is 2. The first kappa shape index (κ1) is 14.8. The van der Waals surface area contributed by atoms with Crippen LogP contribution in [0.4, 0.5) is 11.4 Å². The molecule has 0 unspecified atom stereocenters. The van der Waals surface area contributed by atoms with Crippen molar-refractivity contribution in [2.45, 2.75) is 6.92 Å². The third kappa shape index (κ3) is 3.29. The van der Waals surface area contributed by atoms with Crippen molar-refractivity contribution in [3.05, 3.63) is 62.7 Å². The molecule has 1 amide bonds. The number of aryl methyl sites for hydroxylation is 1. The van der Waals surface area contributed by atoms with Gasteiger partial charge in [0, 0.05) is 16.8 Å². The molecule has 0 fully saturated rings. The fourth-order valence-electron chi connectivity index (χ4n) is 1.83. The van der Waals surface area contributed by atoms with E-state index in [-0.39, 0.29) is 22.0 Å². The number of phenols is 1. The number of nitro groups is 1. The van der Waals surface area contributed by atoms with Gasteiger partial charge in [-0.2, -0.15) is 0 Å². The van der Waals surface area contributed by atoms with E-state index in [9.17, 15) is 20.0 Å². The standard InChI is InChI=1S/C14H11ClN2O4/c1-8-6-10(18)3-4-12(8)16-14(19)11-7-9(15)2-5-13(11)17(20)21/h2-7,18H,1H3,(H,16,19). The van der Waals surface area contributed by atoms with Gasteiger partial charge in [0.1, 0.15) is 11.3 Å². The van der Waals surface area contributed by atoms with Crippen LogP contribution in [-0.2, 0) is 0 Å². The molecular formula is C14H11ClN2O4. The van der Waals surface area contributed by atoms with Crippen molar-refractivity contribution in [3.63, 3.8) is 0 Å². The molecule has 0 bridgehead atoms. The van der Waals surface area contributed by atoms with Crippen molar-refractivity contribution in [2.75, 3.05) is 5.32 Å².